The van der Waals surface area contributed by atoms with Crippen molar-refractivity contribution in [3.63, 3.8) is 0 Å². The fourth-order valence-electron chi connectivity index (χ4n) is 1.91. The number of fused-ring (bicyclic) bond motifs is 1. The van der Waals surface area contributed by atoms with Crippen LogP contribution in [-0.4, -0.2) is 33.0 Å². The predicted octanol–water partition coefficient (Wildman–Crippen LogP) is 1.60. The Balaban J connectivity index is 1.96. The molecule has 5 nitrogen and oxygen atoms in total. The average molecular weight is 232 g/mol. The second kappa shape index (κ2) is 4.07. The van der Waals surface area contributed by atoms with E-state index in [0.717, 1.165) is 36.6 Å². The molecule has 0 saturated carbocycles. The lowest BCUT2D eigenvalue weighted by atomic mass is 10.1. The van der Waals surface area contributed by atoms with Gasteiger partial charge in [0.15, 0.2) is 5.65 Å². The molecular weight excluding hydrogens is 216 g/mol. The highest BCUT2D eigenvalue weighted by atomic mass is 16.5. The minimum atomic E-state index is 0.391. The molecule has 0 aliphatic carbocycles. The number of aromatic nitrogens is 4. The van der Waals surface area contributed by atoms with Crippen molar-refractivity contribution in [3.05, 3.63) is 18.1 Å². The molecule has 2 aromatic rings. The van der Waals surface area contributed by atoms with E-state index in [-0.39, 0.29) is 0 Å². The molecule has 3 rings (SSSR count). The minimum Gasteiger partial charge on any atom is -0.381 e. The number of ether oxygens (including phenoxy) is 1. The van der Waals surface area contributed by atoms with Crippen LogP contribution in [0.2, 0.25) is 0 Å². The van der Waals surface area contributed by atoms with Crippen LogP contribution in [0.3, 0.4) is 0 Å². The van der Waals surface area contributed by atoms with Gasteiger partial charge in [0.25, 0.3) is 0 Å². The summed E-state index contributed by atoms with van der Waals surface area (Å²) < 4.78 is 7.13. The summed E-state index contributed by atoms with van der Waals surface area (Å²) in [6, 6.07) is 0. The van der Waals surface area contributed by atoms with Crippen LogP contribution in [0.15, 0.2) is 12.4 Å². The van der Waals surface area contributed by atoms with Gasteiger partial charge in [0, 0.05) is 12.1 Å². The molecule has 17 heavy (non-hydrogen) atoms. The summed E-state index contributed by atoms with van der Waals surface area (Å²) in [4.78, 5) is 9.04. The molecule has 90 valence electrons. The van der Waals surface area contributed by atoms with Gasteiger partial charge in [-0.3, -0.25) is 0 Å². The third kappa shape index (κ3) is 1.91. The second-order valence-electron chi connectivity index (χ2n) is 4.89. The van der Waals surface area contributed by atoms with Crippen molar-refractivity contribution >= 4 is 11.2 Å². The van der Waals surface area contributed by atoms with Crippen LogP contribution >= 0.6 is 0 Å². The topological polar surface area (TPSA) is 52.8 Å². The van der Waals surface area contributed by atoms with Gasteiger partial charge in [0.1, 0.15) is 5.52 Å². The molecule has 0 unspecified atom stereocenters. The minimum absolute atomic E-state index is 0.391. The number of rotatable bonds is 3. The zero-order valence-electron chi connectivity index (χ0n) is 10.1. The van der Waals surface area contributed by atoms with E-state index in [0.29, 0.717) is 11.8 Å². The largest absolute Gasteiger partial charge is 0.381 e. The number of hydrogen-bond donors (Lipinski definition) is 0. The molecule has 0 N–H and O–H groups in total. The SMILES string of the molecule is CC(C)c1cnc2cnn(CC3COC3)c2n1. The van der Waals surface area contributed by atoms with Gasteiger partial charge < -0.3 is 4.74 Å². The molecule has 1 saturated heterocycles. The average Bonchev–Trinajstić information content (AvgIpc) is 2.65. The smallest absolute Gasteiger partial charge is 0.177 e. The van der Waals surface area contributed by atoms with Crippen LogP contribution in [0.25, 0.3) is 11.2 Å². The Morgan fingerprint density at radius 3 is 2.88 bits per heavy atom. The van der Waals surface area contributed by atoms with E-state index in [2.05, 4.69) is 28.9 Å². The molecule has 0 atom stereocenters. The van der Waals surface area contributed by atoms with E-state index in [1.165, 1.54) is 0 Å². The predicted molar refractivity (Wildman–Crippen MR) is 63.7 cm³/mol. The number of nitrogens with zero attached hydrogens (tertiary/aromatic N) is 4. The first-order valence-electron chi connectivity index (χ1n) is 6.00. The lowest BCUT2D eigenvalue weighted by Crippen LogP contribution is -2.31. The molecule has 0 amide bonds. The van der Waals surface area contributed by atoms with E-state index in [1.807, 2.05) is 10.9 Å². The summed E-state index contributed by atoms with van der Waals surface area (Å²) in [5.41, 5.74) is 2.78. The molecule has 5 heteroatoms. The first-order valence-corrected chi connectivity index (χ1v) is 6.00. The Morgan fingerprint density at radius 2 is 2.24 bits per heavy atom. The van der Waals surface area contributed by atoms with E-state index in [9.17, 15) is 0 Å². The van der Waals surface area contributed by atoms with E-state index in [4.69, 9.17) is 4.74 Å². The van der Waals surface area contributed by atoms with Gasteiger partial charge in [-0.15, -0.1) is 0 Å². The summed E-state index contributed by atoms with van der Waals surface area (Å²) >= 11 is 0. The highest BCUT2D eigenvalue weighted by Crippen LogP contribution is 2.18. The van der Waals surface area contributed by atoms with Crippen molar-refractivity contribution in [1.29, 1.82) is 0 Å². The maximum atomic E-state index is 5.18. The Kier molecular flexibility index (Phi) is 2.55. The molecular formula is C12H16N4O. The first-order chi connectivity index (χ1) is 8.24. The summed E-state index contributed by atoms with van der Waals surface area (Å²) in [7, 11) is 0. The Morgan fingerprint density at radius 1 is 1.41 bits per heavy atom. The zero-order valence-corrected chi connectivity index (χ0v) is 10.1. The van der Waals surface area contributed by atoms with Gasteiger partial charge in [-0.05, 0) is 5.92 Å². The first kappa shape index (κ1) is 10.7. The Hall–Kier alpha value is -1.49. The Bertz CT molecular complexity index is 530. The van der Waals surface area contributed by atoms with E-state index < -0.39 is 0 Å². The third-order valence-electron chi connectivity index (χ3n) is 3.09. The fraction of sp³-hybridized carbons (Fsp3) is 0.583. The van der Waals surface area contributed by atoms with Crippen molar-refractivity contribution < 1.29 is 4.74 Å². The maximum Gasteiger partial charge on any atom is 0.177 e. The van der Waals surface area contributed by atoms with Crippen molar-refractivity contribution in [2.75, 3.05) is 13.2 Å². The van der Waals surface area contributed by atoms with Crippen molar-refractivity contribution in [1.82, 2.24) is 19.7 Å². The lowest BCUT2D eigenvalue weighted by Gasteiger charge is -2.25. The molecule has 1 fully saturated rings. The zero-order chi connectivity index (χ0) is 11.8. The molecule has 1 aliphatic rings. The summed E-state index contributed by atoms with van der Waals surface area (Å²) in [6.07, 6.45) is 3.62. The molecule has 3 heterocycles. The summed E-state index contributed by atoms with van der Waals surface area (Å²) in [5.74, 6) is 0.963. The molecule has 0 radical (unpaired) electrons. The van der Waals surface area contributed by atoms with Gasteiger partial charge in [-0.25, -0.2) is 14.6 Å². The van der Waals surface area contributed by atoms with Crippen LogP contribution in [0, 0.1) is 5.92 Å². The van der Waals surface area contributed by atoms with Crippen LogP contribution < -0.4 is 0 Å². The molecule has 0 aromatic carbocycles. The molecule has 0 bridgehead atoms. The van der Waals surface area contributed by atoms with E-state index in [1.54, 1.807) is 6.20 Å². The standard InChI is InChI=1S/C12H16N4O/c1-8(2)10-3-13-11-4-14-16(12(11)15-10)5-9-6-17-7-9/h3-4,8-9H,5-7H2,1-2H3. The van der Waals surface area contributed by atoms with Gasteiger partial charge in [-0.1, -0.05) is 13.8 Å². The summed E-state index contributed by atoms with van der Waals surface area (Å²) in [6.45, 7) is 6.78. The van der Waals surface area contributed by atoms with Crippen LogP contribution in [0.1, 0.15) is 25.5 Å². The highest BCUT2D eigenvalue weighted by molar-refractivity contribution is 5.69. The highest BCUT2D eigenvalue weighted by Gasteiger charge is 2.20. The number of hydrogen-bond acceptors (Lipinski definition) is 4. The van der Waals surface area contributed by atoms with Crippen LogP contribution in [0.5, 0.6) is 0 Å². The normalized spacial score (nSPS) is 16.6. The van der Waals surface area contributed by atoms with Crippen molar-refractivity contribution in [2.24, 2.45) is 5.92 Å². The van der Waals surface area contributed by atoms with Gasteiger partial charge >= 0.3 is 0 Å². The van der Waals surface area contributed by atoms with Crippen LogP contribution in [0.4, 0.5) is 0 Å². The van der Waals surface area contributed by atoms with E-state index >= 15 is 0 Å². The second-order valence-corrected chi connectivity index (χ2v) is 4.89. The summed E-state index contributed by atoms with van der Waals surface area (Å²) in [5, 5.41) is 4.35. The fourth-order valence-corrected chi connectivity index (χ4v) is 1.91. The van der Waals surface area contributed by atoms with Crippen LogP contribution in [-0.2, 0) is 11.3 Å². The molecule has 0 spiro atoms. The lowest BCUT2D eigenvalue weighted by molar-refractivity contribution is -0.0403. The monoisotopic (exact) mass is 232 g/mol. The van der Waals surface area contributed by atoms with Crippen molar-refractivity contribution in [2.45, 2.75) is 26.3 Å². The Labute approximate surface area is 99.8 Å². The molecule has 2 aromatic heterocycles. The quantitative estimate of drug-likeness (QED) is 0.806. The maximum absolute atomic E-state index is 5.18. The van der Waals surface area contributed by atoms with Gasteiger partial charge in [-0.2, -0.15) is 5.10 Å². The van der Waals surface area contributed by atoms with Gasteiger partial charge in [0.05, 0.1) is 31.6 Å². The van der Waals surface area contributed by atoms with Gasteiger partial charge in [0.2, 0.25) is 0 Å². The van der Waals surface area contributed by atoms with Crippen molar-refractivity contribution in [3.8, 4) is 0 Å². The molecule has 1 aliphatic heterocycles. The third-order valence-corrected chi connectivity index (χ3v) is 3.09.